The summed E-state index contributed by atoms with van der Waals surface area (Å²) in [7, 11) is -2.40. The van der Waals surface area contributed by atoms with Crippen LogP contribution in [0, 0.1) is 13.8 Å². The van der Waals surface area contributed by atoms with Gasteiger partial charge >= 0.3 is 5.97 Å². The van der Waals surface area contributed by atoms with Gasteiger partial charge in [0.05, 0.1) is 24.3 Å². The van der Waals surface area contributed by atoms with Gasteiger partial charge in [-0.15, -0.1) is 5.10 Å². The Morgan fingerprint density at radius 1 is 1.09 bits per heavy atom. The number of rotatable bonds is 9. The van der Waals surface area contributed by atoms with Gasteiger partial charge in [0.2, 0.25) is 14.9 Å². The van der Waals surface area contributed by atoms with E-state index in [0.29, 0.717) is 29.3 Å². The van der Waals surface area contributed by atoms with Crippen LogP contribution in [0.15, 0.2) is 46.3 Å². The summed E-state index contributed by atoms with van der Waals surface area (Å²) < 4.78 is 39.3. The van der Waals surface area contributed by atoms with E-state index in [1.807, 2.05) is 19.1 Å². The van der Waals surface area contributed by atoms with E-state index in [2.05, 4.69) is 31.1 Å². The van der Waals surface area contributed by atoms with Crippen LogP contribution >= 0.6 is 0 Å². The molecule has 3 rings (SSSR count). The van der Waals surface area contributed by atoms with Gasteiger partial charge in [-0.3, -0.25) is 4.79 Å². The van der Waals surface area contributed by atoms with Gasteiger partial charge < -0.3 is 14.6 Å². The fourth-order valence-electron chi connectivity index (χ4n) is 3.58. The lowest BCUT2D eigenvalue weighted by Gasteiger charge is -2.19. The molecule has 1 N–H and O–H groups in total. The normalized spacial score (nSPS) is 11.9. The molecule has 0 saturated heterocycles. The summed E-state index contributed by atoms with van der Waals surface area (Å²) in [5, 5.41) is 16.8. The van der Waals surface area contributed by atoms with E-state index in [1.165, 1.54) is 11.8 Å². The van der Waals surface area contributed by atoms with E-state index in [9.17, 15) is 13.2 Å². The van der Waals surface area contributed by atoms with E-state index in [0.717, 1.165) is 11.1 Å². The summed E-state index contributed by atoms with van der Waals surface area (Å²) in [6.07, 6.45) is 0.390. The highest BCUT2D eigenvalue weighted by atomic mass is 32.2. The number of methoxy groups -OCH3 is 1. The van der Waals surface area contributed by atoms with Gasteiger partial charge in [-0.1, -0.05) is 38.1 Å². The van der Waals surface area contributed by atoms with Crippen LogP contribution in [-0.2, 0) is 20.0 Å². The van der Waals surface area contributed by atoms with Crippen molar-refractivity contribution < 1.29 is 27.8 Å². The molecule has 9 nitrogen and oxygen atoms in total. The van der Waals surface area contributed by atoms with Crippen molar-refractivity contribution in [3.63, 3.8) is 0 Å². The van der Waals surface area contributed by atoms with Gasteiger partial charge in [0.15, 0.2) is 0 Å². The van der Waals surface area contributed by atoms with Crippen molar-refractivity contribution >= 4 is 15.8 Å². The Bertz CT molecular complexity index is 1320. The molecule has 0 aliphatic carbocycles. The van der Waals surface area contributed by atoms with Gasteiger partial charge in [-0.2, -0.15) is 0 Å². The SMILES string of the molecule is COc1cc(OCCCC(=O)O)c(C)cc1-n1nnc(S(=O)(=O)c2ccc(C(C)(C)C)cc2)c1C. The zero-order valence-corrected chi connectivity index (χ0v) is 21.6. The summed E-state index contributed by atoms with van der Waals surface area (Å²) in [6, 6.07) is 10.3. The Hall–Kier alpha value is -3.40. The van der Waals surface area contributed by atoms with Crippen LogP contribution in [0.3, 0.4) is 0 Å². The third-order valence-electron chi connectivity index (χ3n) is 5.63. The predicted molar refractivity (Wildman–Crippen MR) is 130 cm³/mol. The molecule has 0 spiro atoms. The molecule has 0 aliphatic heterocycles. The first kappa shape index (κ1) is 26.2. The molecule has 0 radical (unpaired) electrons. The zero-order valence-electron chi connectivity index (χ0n) is 20.8. The van der Waals surface area contributed by atoms with E-state index < -0.39 is 15.8 Å². The van der Waals surface area contributed by atoms with Crippen molar-refractivity contribution in [1.29, 1.82) is 0 Å². The second-order valence-electron chi connectivity index (χ2n) is 9.30. The summed E-state index contributed by atoms with van der Waals surface area (Å²) >= 11 is 0. The average molecular weight is 502 g/mol. The number of benzene rings is 2. The van der Waals surface area contributed by atoms with Gasteiger partial charge in [-0.25, -0.2) is 13.1 Å². The largest absolute Gasteiger partial charge is 0.494 e. The zero-order chi connectivity index (χ0) is 26.0. The number of hydrogen-bond donors (Lipinski definition) is 1. The van der Waals surface area contributed by atoms with Gasteiger partial charge in [0.1, 0.15) is 17.2 Å². The number of carboxylic acid groups (broad SMARTS) is 1. The topological polar surface area (TPSA) is 121 Å². The highest BCUT2D eigenvalue weighted by molar-refractivity contribution is 7.91. The molecular formula is C25H31N3O6S. The minimum Gasteiger partial charge on any atom is -0.494 e. The Kier molecular flexibility index (Phi) is 7.54. The maximum Gasteiger partial charge on any atom is 0.303 e. The Labute approximate surface area is 205 Å². The molecule has 0 aliphatic rings. The van der Waals surface area contributed by atoms with Crippen molar-refractivity contribution in [1.82, 2.24) is 15.0 Å². The minimum atomic E-state index is -3.89. The fourth-order valence-corrected chi connectivity index (χ4v) is 4.92. The predicted octanol–water partition coefficient (Wildman–Crippen LogP) is 4.27. The number of aliphatic carboxylic acids is 1. The number of carboxylic acids is 1. The van der Waals surface area contributed by atoms with Crippen molar-refractivity contribution in [3.8, 4) is 17.2 Å². The van der Waals surface area contributed by atoms with E-state index in [1.54, 1.807) is 31.2 Å². The molecule has 0 bridgehead atoms. The standard InChI is InChI=1S/C25H31N3O6S/c1-16-14-20(22(33-6)15-21(16)34-13-7-8-23(29)30)28-17(2)24(26-27-28)35(31,32)19-11-9-18(10-12-19)25(3,4)5/h9-12,14-15H,7-8,13H2,1-6H3,(H,29,30). The highest BCUT2D eigenvalue weighted by Crippen LogP contribution is 2.33. The summed E-state index contributed by atoms with van der Waals surface area (Å²) in [5.41, 5.74) is 2.55. The Morgan fingerprint density at radius 3 is 2.31 bits per heavy atom. The van der Waals surface area contributed by atoms with E-state index >= 15 is 0 Å². The molecule has 1 heterocycles. The van der Waals surface area contributed by atoms with Crippen molar-refractivity contribution in [3.05, 3.63) is 53.2 Å². The Balaban J connectivity index is 1.94. The third-order valence-corrected chi connectivity index (χ3v) is 7.41. The number of aromatic nitrogens is 3. The molecule has 0 unspecified atom stereocenters. The first-order valence-electron chi connectivity index (χ1n) is 11.2. The van der Waals surface area contributed by atoms with Crippen LogP contribution in [0.25, 0.3) is 5.69 Å². The van der Waals surface area contributed by atoms with Crippen LogP contribution in [0.4, 0.5) is 0 Å². The third kappa shape index (κ3) is 5.64. The monoisotopic (exact) mass is 501 g/mol. The molecule has 35 heavy (non-hydrogen) atoms. The smallest absolute Gasteiger partial charge is 0.303 e. The van der Waals surface area contributed by atoms with E-state index in [4.69, 9.17) is 14.6 Å². The summed E-state index contributed by atoms with van der Waals surface area (Å²) in [5.74, 6) is 0.0756. The summed E-state index contributed by atoms with van der Waals surface area (Å²) in [4.78, 5) is 10.8. The molecule has 188 valence electrons. The summed E-state index contributed by atoms with van der Waals surface area (Å²) in [6.45, 7) is 9.90. The van der Waals surface area contributed by atoms with Gasteiger partial charge in [-0.05, 0) is 55.0 Å². The van der Waals surface area contributed by atoms with Crippen LogP contribution in [-0.4, -0.2) is 48.2 Å². The number of carbonyl (C=O) groups is 1. The second kappa shape index (κ2) is 10.1. The number of hydrogen-bond acceptors (Lipinski definition) is 7. The van der Waals surface area contributed by atoms with E-state index in [-0.39, 0.29) is 28.4 Å². The first-order chi connectivity index (χ1) is 16.4. The molecular weight excluding hydrogens is 470 g/mol. The molecule has 0 fully saturated rings. The lowest BCUT2D eigenvalue weighted by Crippen LogP contribution is -2.12. The number of nitrogens with zero attached hydrogens (tertiary/aromatic N) is 3. The van der Waals surface area contributed by atoms with Gasteiger partial charge in [0.25, 0.3) is 0 Å². The number of ether oxygens (including phenoxy) is 2. The molecule has 0 saturated carbocycles. The van der Waals surface area contributed by atoms with Crippen molar-refractivity contribution in [2.24, 2.45) is 0 Å². The maximum absolute atomic E-state index is 13.3. The molecule has 10 heteroatoms. The Morgan fingerprint density at radius 2 is 1.74 bits per heavy atom. The first-order valence-corrected chi connectivity index (χ1v) is 12.7. The van der Waals surface area contributed by atoms with Crippen molar-refractivity contribution in [2.75, 3.05) is 13.7 Å². The molecule has 3 aromatic rings. The number of aryl methyl sites for hydroxylation is 1. The molecule has 2 aromatic carbocycles. The maximum atomic E-state index is 13.3. The molecule has 0 atom stereocenters. The van der Waals surface area contributed by atoms with Crippen LogP contribution < -0.4 is 9.47 Å². The highest BCUT2D eigenvalue weighted by Gasteiger charge is 2.27. The lowest BCUT2D eigenvalue weighted by molar-refractivity contribution is -0.137. The second-order valence-corrected chi connectivity index (χ2v) is 11.2. The van der Waals surface area contributed by atoms with Crippen LogP contribution in [0.5, 0.6) is 11.5 Å². The minimum absolute atomic E-state index is 0.0165. The molecule has 0 amide bonds. The quantitative estimate of drug-likeness (QED) is 0.432. The lowest BCUT2D eigenvalue weighted by atomic mass is 9.87. The van der Waals surface area contributed by atoms with Crippen LogP contribution in [0.1, 0.15) is 50.4 Å². The van der Waals surface area contributed by atoms with Gasteiger partial charge in [0, 0.05) is 12.5 Å². The molecule has 1 aromatic heterocycles. The van der Waals surface area contributed by atoms with Crippen LogP contribution in [0.2, 0.25) is 0 Å². The fraction of sp³-hybridized carbons (Fsp3) is 0.400. The van der Waals surface area contributed by atoms with Crippen molar-refractivity contribution in [2.45, 2.75) is 62.8 Å². The average Bonchev–Trinajstić information content (AvgIpc) is 3.18. The number of sulfone groups is 1.